The van der Waals surface area contributed by atoms with Gasteiger partial charge in [-0.25, -0.2) is 0 Å². The molecule has 24 heavy (non-hydrogen) atoms. The number of hydrogen-bond donors (Lipinski definition) is 0. The van der Waals surface area contributed by atoms with Crippen LogP contribution in [0.25, 0.3) is 0 Å². The van der Waals surface area contributed by atoms with E-state index in [0.717, 1.165) is 0 Å². The summed E-state index contributed by atoms with van der Waals surface area (Å²) < 4.78 is 5.10. The van der Waals surface area contributed by atoms with Crippen LogP contribution >= 0.6 is 7.26 Å². The summed E-state index contributed by atoms with van der Waals surface area (Å²) in [5.74, 6) is 2.22. The first-order valence-electron chi connectivity index (χ1n) is 7.99. The van der Waals surface area contributed by atoms with Crippen molar-refractivity contribution in [2.75, 3.05) is 7.11 Å². The molecular formula is C22H21OP. The molecule has 0 aliphatic carbocycles. The number of hydrogen-bond acceptors (Lipinski definition) is 1. The quantitative estimate of drug-likeness (QED) is 0.390. The van der Waals surface area contributed by atoms with E-state index in [1.807, 2.05) is 0 Å². The third-order valence-electron chi connectivity index (χ3n) is 4.17. The summed E-state index contributed by atoms with van der Waals surface area (Å²) in [6.45, 7) is 0. The summed E-state index contributed by atoms with van der Waals surface area (Å²) >= 11 is 0. The third kappa shape index (κ3) is 3.19. The van der Waals surface area contributed by atoms with Crippen LogP contribution in [0.5, 0.6) is 0 Å². The second-order valence-electron chi connectivity index (χ2n) is 5.57. The van der Waals surface area contributed by atoms with Gasteiger partial charge in [0.05, 0.1) is 0 Å². The van der Waals surface area contributed by atoms with Crippen molar-refractivity contribution in [3.05, 3.63) is 109 Å². The molecular weight excluding hydrogens is 311 g/mol. The summed E-state index contributed by atoms with van der Waals surface area (Å²) in [5.41, 5.74) is 3.26. The number of benzene rings is 3. The Labute approximate surface area is 144 Å². The SMILES string of the molecule is COC=C=C[PH](c1ccccc1)(c1ccccc1)c1ccccc1. The van der Waals surface area contributed by atoms with E-state index in [1.165, 1.54) is 15.9 Å². The van der Waals surface area contributed by atoms with Gasteiger partial charge in [0.25, 0.3) is 0 Å². The van der Waals surface area contributed by atoms with E-state index in [9.17, 15) is 0 Å². The molecule has 0 saturated heterocycles. The van der Waals surface area contributed by atoms with Gasteiger partial charge in [-0.1, -0.05) is 0 Å². The van der Waals surface area contributed by atoms with Gasteiger partial charge in [-0.3, -0.25) is 0 Å². The number of ether oxygens (including phenoxy) is 1. The molecule has 1 nitrogen and oxygen atoms in total. The van der Waals surface area contributed by atoms with Crippen molar-refractivity contribution in [2.24, 2.45) is 0 Å². The maximum absolute atomic E-state index is 5.10. The van der Waals surface area contributed by atoms with E-state index in [4.69, 9.17) is 4.74 Å². The average Bonchev–Trinajstić information content (AvgIpc) is 2.68. The van der Waals surface area contributed by atoms with E-state index in [-0.39, 0.29) is 0 Å². The van der Waals surface area contributed by atoms with Gasteiger partial charge >= 0.3 is 144 Å². The van der Waals surface area contributed by atoms with Gasteiger partial charge in [0, 0.05) is 0 Å². The topological polar surface area (TPSA) is 9.23 Å². The fraction of sp³-hybridized carbons (Fsp3) is 0.0455. The Morgan fingerprint density at radius 3 is 1.38 bits per heavy atom. The summed E-state index contributed by atoms with van der Waals surface area (Å²) in [5, 5.41) is 4.00. The van der Waals surface area contributed by atoms with Gasteiger partial charge in [0.1, 0.15) is 0 Å². The molecule has 0 fully saturated rings. The molecule has 0 aliphatic rings. The Hall–Kier alpha value is -2.59. The molecule has 0 heterocycles. The fourth-order valence-electron chi connectivity index (χ4n) is 3.08. The van der Waals surface area contributed by atoms with Crippen LogP contribution in [0.2, 0.25) is 0 Å². The molecule has 0 N–H and O–H groups in total. The summed E-state index contributed by atoms with van der Waals surface area (Å²) in [6.07, 6.45) is 1.62. The molecule has 0 spiro atoms. The van der Waals surface area contributed by atoms with E-state index < -0.39 is 7.26 Å². The average molecular weight is 332 g/mol. The molecule has 3 aromatic rings. The second-order valence-corrected chi connectivity index (χ2v) is 9.21. The first kappa shape index (κ1) is 16.3. The third-order valence-corrected chi connectivity index (χ3v) is 8.50. The molecule has 0 aliphatic heterocycles. The maximum atomic E-state index is 5.10. The van der Waals surface area contributed by atoms with Crippen molar-refractivity contribution in [2.45, 2.75) is 0 Å². The zero-order valence-corrected chi connectivity index (χ0v) is 14.7. The Kier molecular flexibility index (Phi) is 5.29. The molecule has 0 unspecified atom stereocenters. The standard InChI is InChI=1S/C22H21OP/c1-23-18-11-19-24(20-12-5-2-6-13-20,21-14-7-3-8-15-21)22-16-9-4-10-17-22/h2-10,12-19,24H,1H3. The number of methoxy groups -OCH3 is 1. The monoisotopic (exact) mass is 332 g/mol. The Morgan fingerprint density at radius 1 is 0.667 bits per heavy atom. The minimum atomic E-state index is -2.31. The Bertz CT molecular complexity index is 723. The molecule has 0 atom stereocenters. The fourth-order valence-corrected chi connectivity index (χ4v) is 7.05. The predicted octanol–water partition coefficient (Wildman–Crippen LogP) is 3.99. The van der Waals surface area contributed by atoms with Crippen molar-refractivity contribution in [3.63, 3.8) is 0 Å². The van der Waals surface area contributed by atoms with Gasteiger partial charge in [-0.15, -0.1) is 0 Å². The van der Waals surface area contributed by atoms with Crippen molar-refractivity contribution >= 4 is 23.2 Å². The zero-order valence-electron chi connectivity index (χ0n) is 13.7. The van der Waals surface area contributed by atoms with Gasteiger partial charge in [0.15, 0.2) is 0 Å². The Balaban J connectivity index is 2.35. The molecule has 0 bridgehead atoms. The first-order chi connectivity index (χ1) is 11.9. The number of rotatable bonds is 5. The van der Waals surface area contributed by atoms with Crippen molar-refractivity contribution < 1.29 is 4.74 Å². The van der Waals surface area contributed by atoms with Crippen molar-refractivity contribution in [1.29, 1.82) is 0 Å². The molecule has 0 radical (unpaired) electrons. The van der Waals surface area contributed by atoms with E-state index in [1.54, 1.807) is 13.4 Å². The Morgan fingerprint density at radius 2 is 1.04 bits per heavy atom. The van der Waals surface area contributed by atoms with E-state index >= 15 is 0 Å². The molecule has 0 saturated carbocycles. The van der Waals surface area contributed by atoms with E-state index in [0.29, 0.717) is 0 Å². The van der Waals surface area contributed by atoms with Gasteiger partial charge in [-0.05, 0) is 0 Å². The van der Waals surface area contributed by atoms with Crippen LogP contribution in [0.3, 0.4) is 0 Å². The molecule has 0 amide bonds. The van der Waals surface area contributed by atoms with Gasteiger partial charge in [0.2, 0.25) is 0 Å². The minimum absolute atomic E-state index is 1.33. The van der Waals surface area contributed by atoms with Crippen LogP contribution in [-0.2, 0) is 4.74 Å². The normalized spacial score (nSPS) is 11.2. The van der Waals surface area contributed by atoms with Crippen LogP contribution in [0, 0.1) is 0 Å². The summed E-state index contributed by atoms with van der Waals surface area (Å²) in [6, 6.07) is 32.2. The molecule has 3 aromatic carbocycles. The molecule has 120 valence electrons. The summed E-state index contributed by atoms with van der Waals surface area (Å²) in [7, 11) is -0.658. The van der Waals surface area contributed by atoms with Crippen LogP contribution in [0.4, 0.5) is 0 Å². The van der Waals surface area contributed by atoms with Crippen LogP contribution in [0.15, 0.2) is 109 Å². The van der Waals surface area contributed by atoms with Gasteiger partial charge < -0.3 is 0 Å². The molecule has 3 rings (SSSR count). The summed E-state index contributed by atoms with van der Waals surface area (Å²) in [4.78, 5) is 0. The second kappa shape index (κ2) is 7.79. The van der Waals surface area contributed by atoms with Crippen LogP contribution in [-0.4, -0.2) is 7.11 Å². The molecule has 2 heteroatoms. The van der Waals surface area contributed by atoms with Crippen LogP contribution in [0.1, 0.15) is 0 Å². The van der Waals surface area contributed by atoms with Crippen molar-refractivity contribution in [1.82, 2.24) is 0 Å². The van der Waals surface area contributed by atoms with E-state index in [2.05, 4.69) is 103 Å². The predicted molar refractivity (Wildman–Crippen MR) is 106 cm³/mol. The van der Waals surface area contributed by atoms with Crippen molar-refractivity contribution in [3.8, 4) is 0 Å². The first-order valence-corrected chi connectivity index (χ1v) is 10.1. The van der Waals surface area contributed by atoms with Gasteiger partial charge in [-0.2, -0.15) is 0 Å². The molecule has 0 aromatic heterocycles. The van der Waals surface area contributed by atoms with Crippen LogP contribution < -0.4 is 15.9 Å². The zero-order chi connectivity index (χ0) is 16.7.